The van der Waals surface area contributed by atoms with Gasteiger partial charge in [0.05, 0.1) is 0 Å². The van der Waals surface area contributed by atoms with Crippen LogP contribution in [0.4, 0.5) is 16.2 Å². The maximum Gasteiger partial charge on any atom is 0.323 e. The number of amides is 2. The highest BCUT2D eigenvalue weighted by Gasteiger charge is 2.18. The lowest BCUT2D eigenvalue weighted by molar-refractivity contribution is 0.262. The molecule has 1 atom stereocenters. The lowest BCUT2D eigenvalue weighted by Crippen LogP contribution is -2.22. The molecule has 0 fully saturated rings. The smallest absolute Gasteiger partial charge is 0.323 e. The lowest BCUT2D eigenvalue weighted by Gasteiger charge is -2.23. The van der Waals surface area contributed by atoms with Crippen LogP contribution in [0.3, 0.4) is 0 Å². The number of nitrogens with two attached hydrogens (primary N) is 1. The third-order valence-electron chi connectivity index (χ3n) is 3.68. The predicted octanol–water partition coefficient (Wildman–Crippen LogP) is 4.65. The van der Waals surface area contributed by atoms with Gasteiger partial charge in [0.15, 0.2) is 0 Å². The van der Waals surface area contributed by atoms with Gasteiger partial charge in [0.2, 0.25) is 0 Å². The first kappa shape index (κ1) is 17.0. The molecule has 4 N–H and O–H groups in total. The summed E-state index contributed by atoms with van der Waals surface area (Å²) in [5, 5.41) is 5.77. The van der Waals surface area contributed by atoms with Crippen molar-refractivity contribution in [3.05, 3.63) is 59.7 Å². The lowest BCUT2D eigenvalue weighted by atomic mass is 9.86. The Morgan fingerprint density at radius 1 is 1.00 bits per heavy atom. The standard InChI is InChI=1S/C19H25N3O/c1-13(20)14-9-11-15(12-10-14)21-18(23)22-17-8-6-5-7-16(17)19(2,3)4/h5-13H,20H2,1-4H3,(H2,21,22,23). The topological polar surface area (TPSA) is 67.1 Å². The van der Waals surface area contributed by atoms with Crippen LogP contribution in [0.25, 0.3) is 0 Å². The Morgan fingerprint density at radius 2 is 1.61 bits per heavy atom. The number of hydrogen-bond donors (Lipinski definition) is 3. The van der Waals surface area contributed by atoms with Crippen molar-refractivity contribution in [2.75, 3.05) is 10.6 Å². The molecule has 0 radical (unpaired) electrons. The van der Waals surface area contributed by atoms with E-state index in [1.807, 2.05) is 55.5 Å². The molecule has 1 unspecified atom stereocenters. The number of anilines is 2. The minimum absolute atomic E-state index is 0.0171. The molecule has 122 valence electrons. The van der Waals surface area contributed by atoms with Crippen LogP contribution in [-0.2, 0) is 5.41 Å². The number of hydrogen-bond acceptors (Lipinski definition) is 2. The Labute approximate surface area is 138 Å². The molecule has 0 aromatic heterocycles. The van der Waals surface area contributed by atoms with E-state index in [4.69, 9.17) is 5.73 Å². The minimum atomic E-state index is -0.254. The summed E-state index contributed by atoms with van der Waals surface area (Å²) in [4.78, 5) is 12.2. The molecule has 0 saturated carbocycles. The van der Waals surface area contributed by atoms with Gasteiger partial charge in [-0.3, -0.25) is 0 Å². The molecule has 0 aliphatic carbocycles. The number of para-hydroxylation sites is 1. The second-order valence-corrected chi connectivity index (χ2v) is 6.79. The van der Waals surface area contributed by atoms with Gasteiger partial charge in [-0.25, -0.2) is 4.79 Å². The summed E-state index contributed by atoms with van der Waals surface area (Å²) in [6.07, 6.45) is 0. The van der Waals surface area contributed by atoms with Crippen LogP contribution in [-0.4, -0.2) is 6.03 Å². The van der Waals surface area contributed by atoms with Gasteiger partial charge < -0.3 is 16.4 Å². The molecule has 2 aromatic carbocycles. The quantitative estimate of drug-likeness (QED) is 0.772. The molecule has 0 heterocycles. The van der Waals surface area contributed by atoms with Crippen LogP contribution >= 0.6 is 0 Å². The van der Waals surface area contributed by atoms with Crippen LogP contribution in [0.15, 0.2) is 48.5 Å². The van der Waals surface area contributed by atoms with Gasteiger partial charge in [0.1, 0.15) is 0 Å². The van der Waals surface area contributed by atoms with E-state index in [0.29, 0.717) is 0 Å². The van der Waals surface area contributed by atoms with Crippen molar-refractivity contribution < 1.29 is 4.79 Å². The van der Waals surface area contributed by atoms with E-state index in [-0.39, 0.29) is 17.5 Å². The highest BCUT2D eigenvalue weighted by Crippen LogP contribution is 2.29. The molecule has 4 heteroatoms. The Hall–Kier alpha value is -2.33. The van der Waals surface area contributed by atoms with Crippen molar-refractivity contribution in [3.63, 3.8) is 0 Å². The summed E-state index contributed by atoms with van der Waals surface area (Å²) in [5.74, 6) is 0. The average Bonchev–Trinajstić information content (AvgIpc) is 2.47. The first-order valence-electron chi connectivity index (χ1n) is 7.80. The summed E-state index contributed by atoms with van der Waals surface area (Å²) in [6.45, 7) is 8.30. The van der Waals surface area contributed by atoms with Gasteiger partial charge in [0.25, 0.3) is 0 Å². The van der Waals surface area contributed by atoms with E-state index in [1.54, 1.807) is 0 Å². The van der Waals surface area contributed by atoms with E-state index in [9.17, 15) is 4.79 Å². The third kappa shape index (κ3) is 4.57. The molecular weight excluding hydrogens is 286 g/mol. The second-order valence-electron chi connectivity index (χ2n) is 6.79. The summed E-state index contributed by atoms with van der Waals surface area (Å²) in [6, 6.07) is 15.1. The highest BCUT2D eigenvalue weighted by molar-refractivity contribution is 6.00. The van der Waals surface area contributed by atoms with E-state index >= 15 is 0 Å². The predicted molar refractivity (Wildman–Crippen MR) is 96.8 cm³/mol. The third-order valence-corrected chi connectivity index (χ3v) is 3.68. The van der Waals surface area contributed by atoms with Crippen LogP contribution in [0.1, 0.15) is 44.9 Å². The van der Waals surface area contributed by atoms with Crippen LogP contribution < -0.4 is 16.4 Å². The molecule has 2 aromatic rings. The van der Waals surface area contributed by atoms with Crippen molar-refractivity contribution in [3.8, 4) is 0 Å². The minimum Gasteiger partial charge on any atom is -0.324 e. The van der Waals surface area contributed by atoms with Gasteiger partial charge in [0, 0.05) is 17.4 Å². The monoisotopic (exact) mass is 311 g/mol. The van der Waals surface area contributed by atoms with E-state index in [1.165, 1.54) is 0 Å². The zero-order valence-electron chi connectivity index (χ0n) is 14.2. The van der Waals surface area contributed by atoms with Gasteiger partial charge in [-0.2, -0.15) is 0 Å². The maximum atomic E-state index is 12.2. The second kappa shape index (κ2) is 6.84. The largest absolute Gasteiger partial charge is 0.324 e. The highest BCUT2D eigenvalue weighted by atomic mass is 16.2. The number of rotatable bonds is 3. The number of carbonyl (C=O) groups excluding carboxylic acids is 1. The fraction of sp³-hybridized carbons (Fsp3) is 0.316. The molecule has 0 spiro atoms. The van der Waals surface area contributed by atoms with E-state index in [0.717, 1.165) is 22.5 Å². The Morgan fingerprint density at radius 3 is 2.17 bits per heavy atom. The first-order valence-corrected chi connectivity index (χ1v) is 7.80. The number of urea groups is 1. The first-order chi connectivity index (χ1) is 10.8. The number of benzene rings is 2. The molecule has 2 amide bonds. The zero-order chi connectivity index (χ0) is 17.0. The maximum absolute atomic E-state index is 12.2. The fourth-order valence-electron chi connectivity index (χ4n) is 2.40. The van der Waals surface area contributed by atoms with Crippen molar-refractivity contribution in [2.45, 2.75) is 39.2 Å². The molecule has 2 rings (SSSR count). The van der Waals surface area contributed by atoms with Crippen LogP contribution in [0, 0.1) is 0 Å². The number of nitrogens with one attached hydrogen (secondary N) is 2. The SMILES string of the molecule is CC(N)c1ccc(NC(=O)Nc2ccccc2C(C)(C)C)cc1. The molecule has 0 aliphatic rings. The fourth-order valence-corrected chi connectivity index (χ4v) is 2.40. The normalized spacial score (nSPS) is 12.6. The van der Waals surface area contributed by atoms with Crippen LogP contribution in [0.5, 0.6) is 0 Å². The van der Waals surface area contributed by atoms with Crippen molar-refractivity contribution in [2.24, 2.45) is 5.73 Å². The van der Waals surface area contributed by atoms with Gasteiger partial charge in [-0.1, -0.05) is 51.1 Å². The average molecular weight is 311 g/mol. The molecule has 4 nitrogen and oxygen atoms in total. The molecular formula is C19H25N3O. The molecule has 0 aliphatic heterocycles. The Balaban J connectivity index is 2.08. The van der Waals surface area contributed by atoms with Gasteiger partial charge >= 0.3 is 6.03 Å². The van der Waals surface area contributed by atoms with Crippen LogP contribution in [0.2, 0.25) is 0 Å². The zero-order valence-corrected chi connectivity index (χ0v) is 14.2. The van der Waals surface area contributed by atoms with E-state index in [2.05, 4.69) is 31.4 Å². The molecule has 23 heavy (non-hydrogen) atoms. The molecule has 0 saturated heterocycles. The Bertz CT molecular complexity index is 670. The van der Waals surface area contributed by atoms with Gasteiger partial charge in [-0.15, -0.1) is 0 Å². The van der Waals surface area contributed by atoms with Gasteiger partial charge in [-0.05, 0) is 41.7 Å². The van der Waals surface area contributed by atoms with Crippen molar-refractivity contribution in [1.29, 1.82) is 0 Å². The number of carbonyl (C=O) groups is 1. The summed E-state index contributed by atoms with van der Waals surface area (Å²) < 4.78 is 0. The summed E-state index contributed by atoms with van der Waals surface area (Å²) >= 11 is 0. The van der Waals surface area contributed by atoms with Crippen molar-refractivity contribution >= 4 is 17.4 Å². The summed E-state index contributed by atoms with van der Waals surface area (Å²) in [7, 11) is 0. The molecule has 0 bridgehead atoms. The Kier molecular flexibility index (Phi) is 5.06. The van der Waals surface area contributed by atoms with E-state index < -0.39 is 0 Å². The summed E-state index contributed by atoms with van der Waals surface area (Å²) in [5.41, 5.74) is 9.48. The van der Waals surface area contributed by atoms with Crippen molar-refractivity contribution in [1.82, 2.24) is 0 Å².